The molecule has 0 saturated carbocycles. The van der Waals surface area contributed by atoms with Crippen LogP contribution < -0.4 is 0 Å². The van der Waals surface area contributed by atoms with Crippen LogP contribution in [-0.4, -0.2) is 37.2 Å². The minimum absolute atomic E-state index is 0.123. The number of unbranched alkanes of at least 4 members (excludes halogenated alkanes) is 19. The van der Waals surface area contributed by atoms with Crippen molar-refractivity contribution in [2.24, 2.45) is 0 Å². The van der Waals surface area contributed by atoms with Crippen LogP contribution in [0.15, 0.2) is 122 Å². The van der Waals surface area contributed by atoms with Crippen molar-refractivity contribution >= 4 is 17.9 Å². The molecule has 0 heterocycles. The molecule has 0 amide bonds. The second kappa shape index (κ2) is 50.5. The van der Waals surface area contributed by atoms with Gasteiger partial charge in [-0.1, -0.05) is 251 Å². The molecule has 0 spiro atoms. The number of ether oxygens (including phenoxy) is 3. The minimum atomic E-state index is -0.833. The molecule has 0 aliphatic carbocycles. The highest BCUT2D eigenvalue weighted by atomic mass is 16.6. The van der Waals surface area contributed by atoms with Crippen molar-refractivity contribution in [1.29, 1.82) is 0 Å². The van der Waals surface area contributed by atoms with E-state index in [1.54, 1.807) is 6.08 Å². The summed E-state index contributed by atoms with van der Waals surface area (Å²) in [7, 11) is 0. The van der Waals surface area contributed by atoms with Crippen LogP contribution in [0.2, 0.25) is 0 Å². The van der Waals surface area contributed by atoms with Gasteiger partial charge in [-0.3, -0.25) is 14.4 Å². The molecule has 63 heavy (non-hydrogen) atoms. The van der Waals surface area contributed by atoms with Crippen LogP contribution in [0.5, 0.6) is 0 Å². The third-order valence-electron chi connectivity index (χ3n) is 10.2. The number of esters is 3. The number of hydrogen-bond acceptors (Lipinski definition) is 6. The molecule has 0 aromatic heterocycles. The molecule has 0 aliphatic rings. The standard InChI is InChI=1S/C57H90O6/c1-4-7-10-13-16-19-21-23-25-27-28-30-31-33-35-38-41-44-47-50-56(59)62-53-54(52-61-55(58)49-46-43-40-37-18-15-12-9-6-3)63-57(60)51-48-45-42-39-36-34-32-29-26-24-22-20-17-14-11-8-5-2/h7,9-10,12-13,16,18-19,21,23,25,27-28,30-31,33,35,37,43,46,54H,4-6,8,11,14-15,17,20,22,24,26,29,32,34,36,38-42,44-45,47-53H2,1-3H3/b10-7-,12-9-,16-13-,21-19-,25-23-,28-27+,31-30-,35-33-,37-18-,46-43-. The predicted molar refractivity (Wildman–Crippen MR) is 269 cm³/mol. The number of carbonyl (C=O) groups is 3. The zero-order chi connectivity index (χ0) is 45.8. The van der Waals surface area contributed by atoms with E-state index in [2.05, 4.69) is 57.2 Å². The Morgan fingerprint density at radius 1 is 0.365 bits per heavy atom. The molecule has 1 atom stereocenters. The quantitative estimate of drug-likeness (QED) is 0.0200. The van der Waals surface area contributed by atoms with Gasteiger partial charge in [-0.2, -0.15) is 0 Å². The fourth-order valence-electron chi connectivity index (χ4n) is 6.49. The van der Waals surface area contributed by atoms with Crippen molar-refractivity contribution in [3.05, 3.63) is 122 Å². The van der Waals surface area contributed by atoms with Crippen molar-refractivity contribution in [2.75, 3.05) is 13.2 Å². The first-order valence-corrected chi connectivity index (χ1v) is 25.1. The molecule has 0 bridgehead atoms. The van der Waals surface area contributed by atoms with Gasteiger partial charge in [0.25, 0.3) is 0 Å². The van der Waals surface area contributed by atoms with Crippen LogP contribution in [0.1, 0.15) is 201 Å². The van der Waals surface area contributed by atoms with E-state index in [-0.39, 0.29) is 38.0 Å². The molecule has 6 heteroatoms. The lowest BCUT2D eigenvalue weighted by molar-refractivity contribution is -0.166. The van der Waals surface area contributed by atoms with Gasteiger partial charge in [0, 0.05) is 12.8 Å². The average molecular weight is 871 g/mol. The Kier molecular flexibility index (Phi) is 47.1. The number of rotatable bonds is 43. The molecule has 0 saturated heterocycles. The van der Waals surface area contributed by atoms with Crippen LogP contribution in [0, 0.1) is 0 Å². The Hall–Kier alpha value is -4.19. The van der Waals surface area contributed by atoms with Crippen LogP contribution in [0.3, 0.4) is 0 Å². The summed E-state index contributed by atoms with van der Waals surface area (Å²) < 4.78 is 16.6. The van der Waals surface area contributed by atoms with Crippen molar-refractivity contribution in [3.8, 4) is 0 Å². The summed E-state index contributed by atoms with van der Waals surface area (Å²) in [4.78, 5) is 37.8. The Morgan fingerprint density at radius 3 is 1.24 bits per heavy atom. The molecule has 0 aromatic rings. The van der Waals surface area contributed by atoms with E-state index in [4.69, 9.17) is 14.2 Å². The molecule has 6 nitrogen and oxygen atoms in total. The summed E-state index contributed by atoms with van der Waals surface area (Å²) in [5.41, 5.74) is 0. The van der Waals surface area contributed by atoms with Gasteiger partial charge in [0.15, 0.2) is 6.10 Å². The first-order valence-electron chi connectivity index (χ1n) is 25.1. The monoisotopic (exact) mass is 871 g/mol. The average Bonchev–Trinajstić information content (AvgIpc) is 3.28. The van der Waals surface area contributed by atoms with Gasteiger partial charge in [0.05, 0.1) is 6.42 Å². The van der Waals surface area contributed by atoms with Gasteiger partial charge in [-0.15, -0.1) is 0 Å². The topological polar surface area (TPSA) is 78.9 Å². The van der Waals surface area contributed by atoms with Gasteiger partial charge in [0.2, 0.25) is 0 Å². The van der Waals surface area contributed by atoms with Gasteiger partial charge in [-0.25, -0.2) is 0 Å². The Balaban J connectivity index is 4.49. The van der Waals surface area contributed by atoms with Crippen molar-refractivity contribution < 1.29 is 28.6 Å². The van der Waals surface area contributed by atoms with Crippen molar-refractivity contribution in [3.63, 3.8) is 0 Å². The maximum Gasteiger partial charge on any atom is 0.309 e. The molecule has 0 aromatic carbocycles. The summed E-state index contributed by atoms with van der Waals surface area (Å²) in [5, 5.41) is 0. The van der Waals surface area contributed by atoms with Gasteiger partial charge < -0.3 is 14.2 Å². The predicted octanol–water partition coefficient (Wildman–Crippen LogP) is 16.5. The summed E-state index contributed by atoms with van der Waals surface area (Å²) in [5.74, 6) is -1.10. The van der Waals surface area contributed by atoms with E-state index in [9.17, 15) is 14.4 Å². The lowest BCUT2D eigenvalue weighted by atomic mass is 10.0. The number of allylic oxidation sites excluding steroid dienone is 19. The first-order chi connectivity index (χ1) is 31.0. The summed E-state index contributed by atoms with van der Waals surface area (Å²) in [6.07, 6.45) is 69.3. The highest BCUT2D eigenvalue weighted by Gasteiger charge is 2.19. The Morgan fingerprint density at radius 2 is 0.746 bits per heavy atom. The molecule has 354 valence electrons. The molecular formula is C57H90O6. The fraction of sp³-hybridized carbons (Fsp3) is 0.596. The molecule has 0 rings (SSSR count). The van der Waals surface area contributed by atoms with E-state index in [1.165, 1.54) is 89.9 Å². The molecular weight excluding hydrogens is 781 g/mol. The van der Waals surface area contributed by atoms with E-state index in [0.29, 0.717) is 12.8 Å². The Labute approximate surface area is 386 Å². The van der Waals surface area contributed by atoms with E-state index < -0.39 is 12.1 Å². The maximum atomic E-state index is 12.8. The highest BCUT2D eigenvalue weighted by Crippen LogP contribution is 2.15. The van der Waals surface area contributed by atoms with E-state index in [1.807, 2.05) is 79.0 Å². The van der Waals surface area contributed by atoms with Crippen LogP contribution >= 0.6 is 0 Å². The third-order valence-corrected chi connectivity index (χ3v) is 10.2. The molecule has 0 fully saturated rings. The molecule has 1 unspecified atom stereocenters. The molecule has 0 N–H and O–H groups in total. The molecule has 0 radical (unpaired) electrons. The van der Waals surface area contributed by atoms with E-state index >= 15 is 0 Å². The normalized spacial score (nSPS) is 13.1. The van der Waals surface area contributed by atoms with Gasteiger partial charge in [0.1, 0.15) is 13.2 Å². The summed E-state index contributed by atoms with van der Waals surface area (Å²) in [6, 6.07) is 0. The molecule has 0 aliphatic heterocycles. The second-order valence-electron chi connectivity index (χ2n) is 16.2. The first kappa shape index (κ1) is 58.8. The van der Waals surface area contributed by atoms with Crippen LogP contribution in [0.4, 0.5) is 0 Å². The summed E-state index contributed by atoms with van der Waals surface area (Å²) in [6.45, 7) is 6.22. The second-order valence-corrected chi connectivity index (χ2v) is 16.2. The summed E-state index contributed by atoms with van der Waals surface area (Å²) >= 11 is 0. The lowest BCUT2D eigenvalue weighted by Crippen LogP contribution is -2.30. The smallest absolute Gasteiger partial charge is 0.309 e. The van der Waals surface area contributed by atoms with Crippen LogP contribution in [-0.2, 0) is 28.6 Å². The maximum absolute atomic E-state index is 12.8. The third kappa shape index (κ3) is 48.7. The SMILES string of the molecule is CC\C=C/C=C\C=C/C=C\C=C\C=C/C=C\CCCCCC(=O)OCC(COC(=O)C/C=C\C/C=C\C/C=C\CC)OC(=O)CCCCCCCCCCCCCCCCCCC. The van der Waals surface area contributed by atoms with Crippen molar-refractivity contribution in [2.45, 2.75) is 207 Å². The van der Waals surface area contributed by atoms with E-state index in [0.717, 1.165) is 64.2 Å². The number of hydrogen-bond donors (Lipinski definition) is 0. The zero-order valence-corrected chi connectivity index (χ0v) is 40.3. The lowest BCUT2D eigenvalue weighted by Gasteiger charge is -2.18. The number of carbonyl (C=O) groups excluding carboxylic acids is 3. The Bertz CT molecular complexity index is 1370. The van der Waals surface area contributed by atoms with Gasteiger partial charge in [-0.05, 0) is 51.4 Å². The van der Waals surface area contributed by atoms with Crippen LogP contribution in [0.25, 0.3) is 0 Å². The largest absolute Gasteiger partial charge is 0.462 e. The minimum Gasteiger partial charge on any atom is -0.462 e. The highest BCUT2D eigenvalue weighted by molar-refractivity contribution is 5.72. The fourth-order valence-corrected chi connectivity index (χ4v) is 6.49. The zero-order valence-electron chi connectivity index (χ0n) is 40.3. The van der Waals surface area contributed by atoms with Gasteiger partial charge >= 0.3 is 17.9 Å². The van der Waals surface area contributed by atoms with Crippen molar-refractivity contribution in [1.82, 2.24) is 0 Å².